The summed E-state index contributed by atoms with van der Waals surface area (Å²) in [4.78, 5) is 5.09. The lowest BCUT2D eigenvalue weighted by Gasteiger charge is -2.10. The van der Waals surface area contributed by atoms with E-state index >= 15 is 0 Å². The van der Waals surface area contributed by atoms with E-state index in [4.69, 9.17) is 9.25 Å². The molecule has 6 nitrogen and oxygen atoms in total. The number of hydrazine groups is 1. The Hall–Kier alpha value is -1.72. The molecule has 1 aromatic rings. The molecular formula is C5H6N4O2. The summed E-state index contributed by atoms with van der Waals surface area (Å²) in [6.45, 7) is 1.81. The lowest BCUT2D eigenvalue weighted by atomic mass is 10.6. The molecule has 1 aliphatic rings. The molecule has 2 rings (SSSR count). The van der Waals surface area contributed by atoms with Crippen LogP contribution in [0, 0.1) is 0 Å². The second kappa shape index (κ2) is 2.15. The van der Waals surface area contributed by atoms with E-state index in [1.165, 1.54) is 11.6 Å². The number of allylic oxidation sites excluding steroid dienone is 1. The maximum Gasteiger partial charge on any atom is 0.373 e. The Morgan fingerprint density at radius 3 is 3.09 bits per heavy atom. The number of anilines is 1. The lowest BCUT2D eigenvalue weighted by Crippen LogP contribution is -2.28. The Morgan fingerprint density at radius 2 is 2.55 bits per heavy atom. The third-order valence-corrected chi connectivity index (χ3v) is 1.14. The quantitative estimate of drug-likeness (QED) is 0.622. The molecule has 0 saturated heterocycles. The smallest absolute Gasteiger partial charge is 0.373 e. The minimum absolute atomic E-state index is 0.276. The number of hydrogen-bond acceptors (Lipinski definition) is 6. The van der Waals surface area contributed by atoms with Crippen LogP contribution in [0.15, 0.2) is 22.8 Å². The first-order valence-electron chi connectivity index (χ1n) is 3.03. The molecule has 0 spiro atoms. The topological polar surface area (TPSA) is 63.4 Å². The minimum atomic E-state index is 0.276. The van der Waals surface area contributed by atoms with Crippen LogP contribution in [0.1, 0.15) is 6.92 Å². The fourth-order valence-electron chi connectivity index (χ4n) is 0.696. The first-order valence-corrected chi connectivity index (χ1v) is 3.03. The molecule has 1 aromatic heterocycles. The van der Waals surface area contributed by atoms with Crippen molar-refractivity contribution in [2.45, 2.75) is 6.92 Å². The van der Waals surface area contributed by atoms with E-state index < -0.39 is 0 Å². The highest BCUT2D eigenvalue weighted by atomic mass is 16.7. The summed E-state index contributed by atoms with van der Waals surface area (Å²) < 4.78 is 4.85. The third-order valence-electron chi connectivity index (χ3n) is 1.14. The summed E-state index contributed by atoms with van der Waals surface area (Å²) in [6, 6.07) is 0.276. The molecule has 6 heteroatoms. The standard InChI is InChI=1S/C5H6N4O2/c1-4-2-7-9(11-4)5-8-6-3-10-5/h2-3,7H,1H3. The van der Waals surface area contributed by atoms with E-state index in [1.54, 1.807) is 6.20 Å². The summed E-state index contributed by atoms with van der Waals surface area (Å²) >= 11 is 0. The summed E-state index contributed by atoms with van der Waals surface area (Å²) in [5.74, 6) is 0.739. The highest BCUT2D eigenvalue weighted by Gasteiger charge is 2.17. The molecule has 0 radical (unpaired) electrons. The Bertz CT molecular complexity index is 268. The van der Waals surface area contributed by atoms with Crippen LogP contribution < -0.4 is 10.6 Å². The Balaban J connectivity index is 2.11. The molecule has 0 aliphatic carbocycles. The monoisotopic (exact) mass is 154 g/mol. The first-order chi connectivity index (χ1) is 5.36. The van der Waals surface area contributed by atoms with E-state index in [9.17, 15) is 0 Å². The molecule has 0 saturated carbocycles. The average Bonchev–Trinajstić information content (AvgIpc) is 2.55. The van der Waals surface area contributed by atoms with Crippen molar-refractivity contribution in [2.24, 2.45) is 0 Å². The highest BCUT2D eigenvalue weighted by molar-refractivity contribution is 5.20. The van der Waals surface area contributed by atoms with Gasteiger partial charge >= 0.3 is 6.01 Å². The summed E-state index contributed by atoms with van der Waals surface area (Å²) in [6.07, 6.45) is 2.91. The molecule has 11 heavy (non-hydrogen) atoms. The van der Waals surface area contributed by atoms with Gasteiger partial charge in [0.15, 0.2) is 0 Å². The van der Waals surface area contributed by atoms with Gasteiger partial charge in [0.25, 0.3) is 0 Å². The van der Waals surface area contributed by atoms with Crippen LogP contribution in [0.25, 0.3) is 0 Å². The summed E-state index contributed by atoms with van der Waals surface area (Å²) in [7, 11) is 0. The number of nitrogens with one attached hydrogen (secondary N) is 1. The maximum absolute atomic E-state index is 5.09. The van der Waals surface area contributed by atoms with Gasteiger partial charge in [-0.25, -0.2) is 0 Å². The predicted molar refractivity (Wildman–Crippen MR) is 34.8 cm³/mol. The number of nitrogens with zero attached hydrogens (tertiary/aromatic N) is 3. The van der Waals surface area contributed by atoms with Crippen molar-refractivity contribution in [1.29, 1.82) is 0 Å². The zero-order chi connectivity index (χ0) is 7.68. The molecular weight excluding hydrogens is 148 g/mol. The van der Waals surface area contributed by atoms with Gasteiger partial charge in [-0.05, 0) is 6.92 Å². The van der Waals surface area contributed by atoms with Crippen LogP contribution >= 0.6 is 0 Å². The lowest BCUT2D eigenvalue weighted by molar-refractivity contribution is 0.174. The van der Waals surface area contributed by atoms with E-state index in [0.717, 1.165) is 5.76 Å². The molecule has 1 N–H and O–H groups in total. The van der Waals surface area contributed by atoms with E-state index in [1.807, 2.05) is 6.92 Å². The fourth-order valence-corrected chi connectivity index (χ4v) is 0.696. The number of hydrogen-bond donors (Lipinski definition) is 1. The molecule has 58 valence electrons. The van der Waals surface area contributed by atoms with Gasteiger partial charge in [0.05, 0.1) is 6.20 Å². The second-order valence-corrected chi connectivity index (χ2v) is 1.99. The average molecular weight is 154 g/mol. The third kappa shape index (κ3) is 0.977. The largest absolute Gasteiger partial charge is 0.408 e. The molecule has 1 aliphatic heterocycles. The van der Waals surface area contributed by atoms with Crippen LogP contribution in [0.3, 0.4) is 0 Å². The van der Waals surface area contributed by atoms with Crippen molar-refractivity contribution in [3.63, 3.8) is 0 Å². The van der Waals surface area contributed by atoms with E-state index in [-0.39, 0.29) is 6.01 Å². The summed E-state index contributed by atoms with van der Waals surface area (Å²) in [5, 5.41) is 8.39. The molecule has 0 amide bonds. The Kier molecular flexibility index (Phi) is 1.18. The van der Waals surface area contributed by atoms with Gasteiger partial charge in [-0.1, -0.05) is 10.3 Å². The van der Waals surface area contributed by atoms with Crippen LogP contribution in [-0.4, -0.2) is 10.2 Å². The maximum atomic E-state index is 5.09. The van der Waals surface area contributed by atoms with Crippen molar-refractivity contribution in [2.75, 3.05) is 5.17 Å². The highest BCUT2D eigenvalue weighted by Crippen LogP contribution is 2.13. The van der Waals surface area contributed by atoms with Gasteiger partial charge in [0, 0.05) is 0 Å². The Labute approximate surface area is 62.4 Å². The van der Waals surface area contributed by atoms with Gasteiger partial charge in [0.2, 0.25) is 6.39 Å². The zero-order valence-corrected chi connectivity index (χ0v) is 5.81. The SMILES string of the molecule is CC1=CNN(c2nnco2)O1. The van der Waals surface area contributed by atoms with Crippen molar-refractivity contribution >= 4 is 6.01 Å². The van der Waals surface area contributed by atoms with Gasteiger partial charge in [0.1, 0.15) is 5.76 Å². The molecule has 2 heterocycles. The molecule has 0 fully saturated rings. The van der Waals surface area contributed by atoms with Crippen molar-refractivity contribution in [3.8, 4) is 0 Å². The molecule has 0 atom stereocenters. The first kappa shape index (κ1) is 6.02. The van der Waals surface area contributed by atoms with Crippen LogP contribution in [-0.2, 0) is 4.84 Å². The normalized spacial score (nSPS) is 15.7. The zero-order valence-electron chi connectivity index (χ0n) is 5.81. The van der Waals surface area contributed by atoms with Crippen molar-refractivity contribution in [3.05, 3.63) is 18.4 Å². The van der Waals surface area contributed by atoms with Gasteiger partial charge < -0.3 is 9.25 Å². The molecule has 0 aromatic carbocycles. The van der Waals surface area contributed by atoms with Gasteiger partial charge in [-0.2, -0.15) is 0 Å². The van der Waals surface area contributed by atoms with Gasteiger partial charge in [-0.15, -0.1) is 5.10 Å². The Morgan fingerprint density at radius 1 is 1.64 bits per heavy atom. The van der Waals surface area contributed by atoms with E-state index in [0.29, 0.717) is 0 Å². The number of rotatable bonds is 1. The number of aromatic nitrogens is 2. The minimum Gasteiger partial charge on any atom is -0.408 e. The predicted octanol–water partition coefficient (Wildman–Crippen LogP) is 0.187. The van der Waals surface area contributed by atoms with Crippen LogP contribution in [0.4, 0.5) is 6.01 Å². The van der Waals surface area contributed by atoms with Crippen LogP contribution in [0.2, 0.25) is 0 Å². The molecule has 0 unspecified atom stereocenters. The molecule has 0 bridgehead atoms. The second-order valence-electron chi connectivity index (χ2n) is 1.99. The summed E-state index contributed by atoms with van der Waals surface area (Å²) in [5.41, 5.74) is 2.76. The van der Waals surface area contributed by atoms with Crippen molar-refractivity contribution in [1.82, 2.24) is 15.6 Å². The van der Waals surface area contributed by atoms with Gasteiger partial charge in [-0.3, -0.25) is 5.43 Å². The van der Waals surface area contributed by atoms with Crippen molar-refractivity contribution < 1.29 is 9.25 Å². The van der Waals surface area contributed by atoms with E-state index in [2.05, 4.69) is 15.6 Å². The fraction of sp³-hybridized carbons (Fsp3) is 0.200. The van der Waals surface area contributed by atoms with Crippen LogP contribution in [0.5, 0.6) is 0 Å².